The molecule has 0 bridgehead atoms. The normalized spacial score (nSPS) is 15.4. The van der Waals surface area contributed by atoms with Crippen molar-refractivity contribution in [1.82, 2.24) is 5.32 Å². The molecule has 1 atom stereocenters. The maximum Gasteiger partial charge on any atom is 0.391 e. The first-order valence-corrected chi connectivity index (χ1v) is 5.94. The minimum absolute atomic E-state index is 0.0550. The molecule has 5 heteroatoms. The lowest BCUT2D eigenvalue weighted by molar-refractivity contribution is -0.150. The lowest BCUT2D eigenvalue weighted by atomic mass is 10.0. The third-order valence-electron chi connectivity index (χ3n) is 2.29. The largest absolute Gasteiger partial charge is 0.391 e. The number of hydrogen-bond acceptors (Lipinski definition) is 2. The molecule has 0 radical (unpaired) electrons. The molecule has 0 spiro atoms. The molecule has 2 nitrogen and oxygen atoms in total. The van der Waals surface area contributed by atoms with Gasteiger partial charge in [-0.15, -0.1) is 0 Å². The summed E-state index contributed by atoms with van der Waals surface area (Å²) in [6.07, 6.45) is -5.21. The van der Waals surface area contributed by atoms with E-state index in [4.69, 9.17) is 4.74 Å². The second-order valence-electron chi connectivity index (χ2n) is 5.65. The number of rotatable bonds is 6. The molecule has 1 N–H and O–H groups in total. The molecule has 0 aliphatic rings. The molecular weight excluding hydrogens is 231 g/mol. The SMILES string of the molecule is CC(C)C(CNC(C)(C)C)OCCC(F)(F)F. The van der Waals surface area contributed by atoms with Gasteiger partial charge in [-0.05, 0) is 26.7 Å². The van der Waals surface area contributed by atoms with E-state index in [1.54, 1.807) is 0 Å². The smallest absolute Gasteiger partial charge is 0.376 e. The summed E-state index contributed by atoms with van der Waals surface area (Å²) in [6.45, 7) is 10.2. The molecule has 104 valence electrons. The van der Waals surface area contributed by atoms with Gasteiger partial charge < -0.3 is 10.1 Å². The van der Waals surface area contributed by atoms with Crippen LogP contribution >= 0.6 is 0 Å². The number of ether oxygens (including phenoxy) is 1. The third-order valence-corrected chi connectivity index (χ3v) is 2.29. The molecule has 0 aromatic heterocycles. The fourth-order valence-corrected chi connectivity index (χ4v) is 1.22. The zero-order valence-corrected chi connectivity index (χ0v) is 11.3. The van der Waals surface area contributed by atoms with Crippen molar-refractivity contribution in [2.75, 3.05) is 13.2 Å². The van der Waals surface area contributed by atoms with Crippen LogP contribution in [0.15, 0.2) is 0 Å². The first kappa shape index (κ1) is 16.7. The highest BCUT2D eigenvalue weighted by Crippen LogP contribution is 2.20. The average molecular weight is 255 g/mol. The quantitative estimate of drug-likeness (QED) is 0.785. The van der Waals surface area contributed by atoms with Crippen LogP contribution in [0.4, 0.5) is 13.2 Å². The van der Waals surface area contributed by atoms with E-state index < -0.39 is 12.6 Å². The van der Waals surface area contributed by atoms with Gasteiger partial charge in [-0.25, -0.2) is 0 Å². The van der Waals surface area contributed by atoms with E-state index in [2.05, 4.69) is 5.32 Å². The molecule has 0 aromatic rings. The van der Waals surface area contributed by atoms with Crippen LogP contribution in [0, 0.1) is 5.92 Å². The maximum atomic E-state index is 12.0. The average Bonchev–Trinajstić information content (AvgIpc) is 2.06. The number of alkyl halides is 3. The first-order valence-electron chi connectivity index (χ1n) is 5.94. The standard InChI is InChI=1S/C12H24F3NO/c1-9(2)10(8-16-11(3,4)5)17-7-6-12(13,14)15/h9-10,16H,6-8H2,1-5H3. The summed E-state index contributed by atoms with van der Waals surface area (Å²) >= 11 is 0. The molecular formula is C12H24F3NO. The van der Waals surface area contributed by atoms with E-state index in [1.165, 1.54) is 0 Å². The van der Waals surface area contributed by atoms with Gasteiger partial charge in [-0.2, -0.15) is 13.2 Å². The highest BCUT2D eigenvalue weighted by atomic mass is 19.4. The Morgan fingerprint density at radius 1 is 1.12 bits per heavy atom. The van der Waals surface area contributed by atoms with Crippen molar-refractivity contribution < 1.29 is 17.9 Å². The molecule has 0 rings (SSSR count). The van der Waals surface area contributed by atoms with Gasteiger partial charge in [0.05, 0.1) is 19.1 Å². The second-order valence-corrected chi connectivity index (χ2v) is 5.65. The Bertz CT molecular complexity index is 209. The van der Waals surface area contributed by atoms with Crippen LogP contribution in [0.5, 0.6) is 0 Å². The second kappa shape index (κ2) is 6.59. The Morgan fingerprint density at radius 3 is 2.00 bits per heavy atom. The summed E-state index contributed by atoms with van der Waals surface area (Å²) in [7, 11) is 0. The summed E-state index contributed by atoms with van der Waals surface area (Å²) in [4.78, 5) is 0. The van der Waals surface area contributed by atoms with Gasteiger partial charge in [-0.1, -0.05) is 13.8 Å². The Hall–Kier alpha value is -0.290. The molecule has 0 amide bonds. The van der Waals surface area contributed by atoms with Crippen molar-refractivity contribution >= 4 is 0 Å². The molecule has 17 heavy (non-hydrogen) atoms. The van der Waals surface area contributed by atoms with Gasteiger partial charge in [0.25, 0.3) is 0 Å². The van der Waals surface area contributed by atoms with Gasteiger partial charge in [0.2, 0.25) is 0 Å². The molecule has 0 aliphatic carbocycles. The monoisotopic (exact) mass is 255 g/mol. The van der Waals surface area contributed by atoms with Crippen LogP contribution in [-0.2, 0) is 4.74 Å². The number of halogens is 3. The minimum Gasteiger partial charge on any atom is -0.376 e. The molecule has 0 saturated carbocycles. The van der Waals surface area contributed by atoms with E-state index in [0.717, 1.165) is 0 Å². The lowest BCUT2D eigenvalue weighted by Gasteiger charge is -2.27. The summed E-state index contributed by atoms with van der Waals surface area (Å²) in [5, 5.41) is 3.24. The Labute approximate surface area is 102 Å². The van der Waals surface area contributed by atoms with E-state index in [1.807, 2.05) is 34.6 Å². The third kappa shape index (κ3) is 10.6. The van der Waals surface area contributed by atoms with E-state index >= 15 is 0 Å². The maximum absolute atomic E-state index is 12.0. The van der Waals surface area contributed by atoms with Crippen LogP contribution in [0.25, 0.3) is 0 Å². The van der Waals surface area contributed by atoms with E-state index in [9.17, 15) is 13.2 Å². The summed E-state index contributed by atoms with van der Waals surface area (Å²) in [6, 6.07) is 0. The van der Waals surface area contributed by atoms with E-state index in [0.29, 0.717) is 6.54 Å². The predicted octanol–water partition coefficient (Wildman–Crippen LogP) is 3.37. The van der Waals surface area contributed by atoms with E-state index in [-0.39, 0.29) is 24.2 Å². The van der Waals surface area contributed by atoms with Crippen LogP contribution in [0.3, 0.4) is 0 Å². The van der Waals surface area contributed by atoms with Gasteiger partial charge in [0.15, 0.2) is 0 Å². The topological polar surface area (TPSA) is 21.3 Å². The summed E-state index contributed by atoms with van der Waals surface area (Å²) in [5.41, 5.74) is -0.0550. The fourth-order valence-electron chi connectivity index (χ4n) is 1.22. The van der Waals surface area contributed by atoms with Crippen molar-refractivity contribution in [3.63, 3.8) is 0 Å². The van der Waals surface area contributed by atoms with Gasteiger partial charge in [-0.3, -0.25) is 0 Å². The number of nitrogens with one attached hydrogen (secondary N) is 1. The molecule has 0 fully saturated rings. The molecule has 1 unspecified atom stereocenters. The van der Waals surface area contributed by atoms with Crippen LogP contribution in [0.1, 0.15) is 41.0 Å². The van der Waals surface area contributed by atoms with Crippen molar-refractivity contribution in [3.05, 3.63) is 0 Å². The Kier molecular flexibility index (Phi) is 6.48. The van der Waals surface area contributed by atoms with Crippen molar-refractivity contribution in [1.29, 1.82) is 0 Å². The number of hydrogen-bond donors (Lipinski definition) is 1. The van der Waals surface area contributed by atoms with Crippen molar-refractivity contribution in [2.24, 2.45) is 5.92 Å². The molecule has 0 heterocycles. The van der Waals surface area contributed by atoms with Crippen LogP contribution in [0.2, 0.25) is 0 Å². The highest BCUT2D eigenvalue weighted by molar-refractivity contribution is 4.75. The summed E-state index contributed by atoms with van der Waals surface area (Å²) < 4.78 is 41.3. The summed E-state index contributed by atoms with van der Waals surface area (Å²) in [5.74, 6) is 0.193. The van der Waals surface area contributed by atoms with Crippen molar-refractivity contribution in [3.8, 4) is 0 Å². The predicted molar refractivity (Wildman–Crippen MR) is 63.0 cm³/mol. The van der Waals surface area contributed by atoms with Gasteiger partial charge in [0, 0.05) is 12.1 Å². The van der Waals surface area contributed by atoms with Crippen LogP contribution < -0.4 is 5.32 Å². The zero-order valence-electron chi connectivity index (χ0n) is 11.3. The first-order chi connectivity index (χ1) is 7.51. The fraction of sp³-hybridized carbons (Fsp3) is 1.00. The van der Waals surface area contributed by atoms with Gasteiger partial charge in [0.1, 0.15) is 0 Å². The highest BCUT2D eigenvalue weighted by Gasteiger charge is 2.27. The lowest BCUT2D eigenvalue weighted by Crippen LogP contribution is -2.43. The zero-order chi connectivity index (χ0) is 13.7. The molecule has 0 aromatic carbocycles. The van der Waals surface area contributed by atoms with Crippen molar-refractivity contribution in [2.45, 2.75) is 58.9 Å². The Morgan fingerprint density at radius 2 is 1.65 bits per heavy atom. The Balaban J connectivity index is 4.00. The minimum atomic E-state index is -4.14. The molecule has 0 saturated heterocycles. The molecule has 0 aliphatic heterocycles. The van der Waals surface area contributed by atoms with Crippen LogP contribution in [-0.4, -0.2) is 31.0 Å². The van der Waals surface area contributed by atoms with Gasteiger partial charge >= 0.3 is 6.18 Å².